The highest BCUT2D eigenvalue weighted by atomic mass is 35.5. The zero-order chi connectivity index (χ0) is 27.4. The van der Waals surface area contributed by atoms with E-state index in [4.69, 9.17) is 11.6 Å². The van der Waals surface area contributed by atoms with Gasteiger partial charge in [0.05, 0.1) is 6.21 Å². The second kappa shape index (κ2) is 11.0. The number of rotatable bonds is 5. The number of nitrogens with zero attached hydrogens (tertiary/aromatic N) is 1. The SMILES string of the molecule is CC(C)(C)c1cc(/C=N\NC(=O)c2ccc(NC(=O)Nc3cccc(Cl)c3)cc2)cc(C(C)(C)C)c1O. The van der Waals surface area contributed by atoms with Gasteiger partial charge in [-0.05, 0) is 71.0 Å². The molecule has 8 heteroatoms. The fraction of sp³-hybridized carbons (Fsp3) is 0.276. The first-order valence-corrected chi connectivity index (χ1v) is 12.3. The molecule has 3 aromatic rings. The molecule has 0 atom stereocenters. The van der Waals surface area contributed by atoms with Crippen LogP contribution in [-0.4, -0.2) is 23.3 Å². The number of hydrazone groups is 1. The molecule has 0 aliphatic heterocycles. The van der Waals surface area contributed by atoms with Gasteiger partial charge in [-0.3, -0.25) is 4.79 Å². The van der Waals surface area contributed by atoms with Gasteiger partial charge in [0.15, 0.2) is 0 Å². The number of benzene rings is 3. The number of phenolic OH excluding ortho intramolecular Hbond substituents is 1. The number of amides is 3. The number of urea groups is 1. The van der Waals surface area contributed by atoms with Crippen molar-refractivity contribution in [2.24, 2.45) is 5.10 Å². The summed E-state index contributed by atoms with van der Waals surface area (Å²) in [5, 5.41) is 20.9. The lowest BCUT2D eigenvalue weighted by atomic mass is 9.78. The minimum absolute atomic E-state index is 0.266. The summed E-state index contributed by atoms with van der Waals surface area (Å²) in [6, 6.07) is 16.6. The van der Waals surface area contributed by atoms with Crippen molar-refractivity contribution < 1.29 is 14.7 Å². The Morgan fingerprint density at radius 2 is 1.41 bits per heavy atom. The average Bonchev–Trinajstić information content (AvgIpc) is 2.78. The van der Waals surface area contributed by atoms with Crippen LogP contribution in [0.5, 0.6) is 5.75 Å². The summed E-state index contributed by atoms with van der Waals surface area (Å²) in [5.74, 6) is -0.104. The highest BCUT2D eigenvalue weighted by Crippen LogP contribution is 2.39. The fourth-order valence-electron chi connectivity index (χ4n) is 3.67. The summed E-state index contributed by atoms with van der Waals surface area (Å²) in [6.07, 6.45) is 1.57. The Kier molecular flexibility index (Phi) is 8.28. The molecule has 0 fully saturated rings. The van der Waals surface area contributed by atoms with Gasteiger partial charge in [0.1, 0.15) is 5.75 Å². The average molecular weight is 521 g/mol. The van der Waals surface area contributed by atoms with Crippen LogP contribution in [0.15, 0.2) is 65.8 Å². The van der Waals surface area contributed by atoms with E-state index in [1.807, 2.05) is 53.7 Å². The molecule has 0 aliphatic rings. The highest BCUT2D eigenvalue weighted by molar-refractivity contribution is 6.30. The fourth-order valence-corrected chi connectivity index (χ4v) is 3.86. The van der Waals surface area contributed by atoms with Gasteiger partial charge in [0, 0.05) is 33.1 Å². The molecule has 3 amide bonds. The van der Waals surface area contributed by atoms with Crippen LogP contribution in [0.4, 0.5) is 16.2 Å². The molecule has 194 valence electrons. The summed E-state index contributed by atoms with van der Waals surface area (Å²) < 4.78 is 0. The van der Waals surface area contributed by atoms with Crippen LogP contribution in [0.2, 0.25) is 5.02 Å². The van der Waals surface area contributed by atoms with Crippen LogP contribution in [-0.2, 0) is 10.8 Å². The van der Waals surface area contributed by atoms with Crippen molar-refractivity contribution in [1.82, 2.24) is 5.43 Å². The first-order valence-electron chi connectivity index (χ1n) is 11.9. The zero-order valence-corrected chi connectivity index (χ0v) is 22.7. The molecule has 3 rings (SSSR count). The van der Waals surface area contributed by atoms with Crippen molar-refractivity contribution in [3.63, 3.8) is 0 Å². The van der Waals surface area contributed by atoms with Crippen molar-refractivity contribution in [2.75, 3.05) is 10.6 Å². The smallest absolute Gasteiger partial charge is 0.323 e. The van der Waals surface area contributed by atoms with E-state index in [2.05, 4.69) is 21.2 Å². The van der Waals surface area contributed by atoms with Crippen molar-refractivity contribution >= 4 is 41.1 Å². The lowest BCUT2D eigenvalue weighted by Gasteiger charge is -2.27. The number of hydrogen-bond acceptors (Lipinski definition) is 4. The van der Waals surface area contributed by atoms with Crippen LogP contribution in [0, 0.1) is 0 Å². The first-order chi connectivity index (χ1) is 17.2. The number of hydrogen-bond donors (Lipinski definition) is 4. The Morgan fingerprint density at radius 1 is 0.838 bits per heavy atom. The Morgan fingerprint density at radius 3 is 1.95 bits per heavy atom. The van der Waals surface area contributed by atoms with E-state index >= 15 is 0 Å². The lowest BCUT2D eigenvalue weighted by molar-refractivity contribution is 0.0955. The van der Waals surface area contributed by atoms with E-state index in [9.17, 15) is 14.7 Å². The highest BCUT2D eigenvalue weighted by Gasteiger charge is 2.26. The Labute approximate surface area is 222 Å². The molecule has 0 aliphatic carbocycles. The number of anilines is 2. The molecule has 3 aromatic carbocycles. The molecular formula is C29H33ClN4O3. The van der Waals surface area contributed by atoms with Crippen molar-refractivity contribution in [2.45, 2.75) is 52.4 Å². The molecule has 7 nitrogen and oxygen atoms in total. The van der Waals surface area contributed by atoms with Crippen molar-refractivity contribution in [3.05, 3.63) is 87.9 Å². The van der Waals surface area contributed by atoms with E-state index in [-0.39, 0.29) is 16.6 Å². The third-order valence-electron chi connectivity index (χ3n) is 5.62. The second-order valence-electron chi connectivity index (χ2n) is 10.8. The van der Waals surface area contributed by atoms with E-state index in [1.165, 1.54) is 0 Å². The molecule has 0 heterocycles. The van der Waals surface area contributed by atoms with Gasteiger partial charge < -0.3 is 15.7 Å². The van der Waals surface area contributed by atoms with E-state index in [0.29, 0.717) is 22.0 Å². The van der Waals surface area contributed by atoms with Crippen molar-refractivity contribution in [3.8, 4) is 5.75 Å². The molecule has 0 saturated heterocycles. The number of carbonyl (C=O) groups excluding carboxylic acids is 2. The third-order valence-corrected chi connectivity index (χ3v) is 5.85. The Balaban J connectivity index is 1.66. The largest absolute Gasteiger partial charge is 0.507 e. The second-order valence-corrected chi connectivity index (χ2v) is 11.3. The quantitative estimate of drug-likeness (QED) is 0.214. The van der Waals surface area contributed by atoms with Gasteiger partial charge in [-0.15, -0.1) is 0 Å². The molecule has 0 radical (unpaired) electrons. The number of halogens is 1. The van der Waals surface area contributed by atoms with Crippen LogP contribution >= 0.6 is 11.6 Å². The maximum absolute atomic E-state index is 12.6. The first kappa shape index (κ1) is 27.7. The van der Waals surface area contributed by atoms with Gasteiger partial charge in [0.2, 0.25) is 0 Å². The van der Waals surface area contributed by atoms with Gasteiger partial charge in [-0.1, -0.05) is 59.2 Å². The third kappa shape index (κ3) is 7.57. The maximum Gasteiger partial charge on any atom is 0.323 e. The zero-order valence-electron chi connectivity index (χ0n) is 21.9. The molecule has 4 N–H and O–H groups in total. The summed E-state index contributed by atoms with van der Waals surface area (Å²) in [4.78, 5) is 24.8. The Hall–Kier alpha value is -3.84. The van der Waals surface area contributed by atoms with Crippen LogP contribution < -0.4 is 16.1 Å². The molecule has 37 heavy (non-hydrogen) atoms. The van der Waals surface area contributed by atoms with Gasteiger partial charge >= 0.3 is 6.03 Å². The summed E-state index contributed by atoms with van der Waals surface area (Å²) in [7, 11) is 0. The van der Waals surface area contributed by atoms with Crippen LogP contribution in [0.1, 0.15) is 68.6 Å². The normalized spacial score (nSPS) is 11.9. The summed E-state index contributed by atoms with van der Waals surface area (Å²) in [6.45, 7) is 12.2. The minimum atomic E-state index is -0.429. The van der Waals surface area contributed by atoms with Crippen molar-refractivity contribution in [1.29, 1.82) is 0 Å². The molecular weight excluding hydrogens is 488 g/mol. The molecule has 0 bridgehead atoms. The van der Waals surface area contributed by atoms with E-state index < -0.39 is 11.9 Å². The van der Waals surface area contributed by atoms with Gasteiger partial charge in [0.25, 0.3) is 5.91 Å². The molecule has 0 unspecified atom stereocenters. The predicted molar refractivity (Wildman–Crippen MR) is 151 cm³/mol. The number of carbonyl (C=O) groups is 2. The summed E-state index contributed by atoms with van der Waals surface area (Å²) >= 11 is 5.93. The van der Waals surface area contributed by atoms with Gasteiger partial charge in [-0.2, -0.15) is 5.10 Å². The van der Waals surface area contributed by atoms with E-state index in [1.54, 1.807) is 54.7 Å². The number of aromatic hydroxyl groups is 1. The number of phenols is 1. The standard InChI is InChI=1S/C29H33ClN4O3/c1-28(2,3)23-14-18(15-24(25(23)35)29(4,5)6)17-31-34-26(36)19-10-12-21(13-11-19)32-27(37)33-22-9-7-8-20(30)16-22/h7-17,35H,1-6H3,(H,34,36)(H2,32,33,37)/b31-17-. The lowest BCUT2D eigenvalue weighted by Crippen LogP contribution is -2.20. The summed E-state index contributed by atoms with van der Waals surface area (Å²) in [5.41, 5.74) is 5.88. The molecule has 0 spiro atoms. The monoisotopic (exact) mass is 520 g/mol. The maximum atomic E-state index is 12.6. The van der Waals surface area contributed by atoms with Crippen LogP contribution in [0.3, 0.4) is 0 Å². The Bertz CT molecular complexity index is 1290. The van der Waals surface area contributed by atoms with Crippen LogP contribution in [0.25, 0.3) is 0 Å². The predicted octanol–water partition coefficient (Wildman–Crippen LogP) is 7.05. The van der Waals surface area contributed by atoms with Gasteiger partial charge in [-0.25, -0.2) is 10.2 Å². The number of nitrogens with one attached hydrogen (secondary N) is 3. The minimum Gasteiger partial charge on any atom is -0.507 e. The topological polar surface area (TPSA) is 103 Å². The van der Waals surface area contributed by atoms with E-state index in [0.717, 1.165) is 16.7 Å². The molecule has 0 aromatic heterocycles. The molecule has 0 saturated carbocycles.